The topological polar surface area (TPSA) is 125 Å². The molecule has 8 atom stereocenters. The quantitative estimate of drug-likeness (QED) is 0.189. The Hall–Kier alpha value is -4.28. The molecule has 10 heteroatoms. The number of hydrogen-bond acceptors (Lipinski definition) is 7. The summed E-state index contributed by atoms with van der Waals surface area (Å²) in [5.41, 5.74) is 1.93. The lowest BCUT2D eigenvalue weighted by Gasteiger charge is -2.41. The molecule has 2 bridgehead atoms. The average Bonchev–Trinajstić information content (AvgIpc) is 3.76. The van der Waals surface area contributed by atoms with E-state index in [0.717, 1.165) is 16.8 Å². The first-order chi connectivity index (χ1) is 24.0. The Labute approximate surface area is 295 Å². The Morgan fingerprint density at radius 2 is 1.82 bits per heavy atom. The molecule has 0 saturated carbocycles. The lowest BCUT2D eigenvalue weighted by atomic mass is 9.70. The van der Waals surface area contributed by atoms with Gasteiger partial charge >= 0.3 is 5.97 Å². The van der Waals surface area contributed by atoms with Crippen molar-refractivity contribution in [3.63, 3.8) is 0 Å². The molecule has 3 aliphatic heterocycles. The predicted octanol–water partition coefficient (Wildman–Crippen LogP) is 4.97. The van der Waals surface area contributed by atoms with Crippen molar-refractivity contribution in [1.82, 2.24) is 10.2 Å². The Bertz CT molecular complexity index is 1570. The van der Waals surface area contributed by atoms with Crippen LogP contribution in [0.5, 0.6) is 0 Å². The van der Waals surface area contributed by atoms with Crippen LogP contribution in [0.2, 0.25) is 0 Å². The van der Waals surface area contributed by atoms with Gasteiger partial charge in [0.2, 0.25) is 11.8 Å². The van der Waals surface area contributed by atoms with E-state index in [1.165, 1.54) is 4.90 Å². The largest absolute Gasteiger partial charge is 0.455 e. The number of benzene rings is 2. The van der Waals surface area contributed by atoms with Gasteiger partial charge in [0.05, 0.1) is 37.1 Å². The van der Waals surface area contributed by atoms with Crippen LogP contribution in [0.25, 0.3) is 0 Å². The number of nitrogens with zero attached hydrogens (tertiary/aromatic N) is 2. The van der Waals surface area contributed by atoms with E-state index < -0.39 is 47.7 Å². The number of carbonyl (C=O) groups is 4. The fourth-order valence-corrected chi connectivity index (χ4v) is 8.25. The van der Waals surface area contributed by atoms with Gasteiger partial charge in [-0.05, 0) is 55.7 Å². The number of carbonyl (C=O) groups excluding carboxylic acids is 4. The number of aliphatic hydroxyl groups is 1. The number of anilines is 1. The highest BCUT2D eigenvalue weighted by Crippen LogP contribution is 2.59. The normalized spacial score (nSPS) is 25.4. The molecule has 2 N–H and O–H groups in total. The molecule has 1 spiro atoms. The molecule has 0 unspecified atom stereocenters. The number of esters is 1. The molecular formula is C40H51N3O7. The van der Waals surface area contributed by atoms with Crippen LogP contribution in [-0.2, 0) is 28.7 Å². The average molecular weight is 686 g/mol. The number of para-hydroxylation sites is 1. The van der Waals surface area contributed by atoms with Crippen molar-refractivity contribution in [2.45, 2.75) is 89.7 Å². The lowest BCUT2D eigenvalue weighted by molar-refractivity contribution is -0.161. The molecule has 2 aromatic carbocycles. The highest BCUT2D eigenvalue weighted by Gasteiger charge is 2.76. The number of likely N-dealkylation sites (tertiary alicyclic amines) is 1. The number of nitrogens with one attached hydrogen (secondary N) is 1. The van der Waals surface area contributed by atoms with Gasteiger partial charge in [-0.25, -0.2) is 0 Å². The van der Waals surface area contributed by atoms with E-state index in [1.54, 1.807) is 17.1 Å². The zero-order chi connectivity index (χ0) is 36.2. The van der Waals surface area contributed by atoms with Gasteiger partial charge in [0.1, 0.15) is 17.7 Å². The second-order valence-corrected chi connectivity index (χ2v) is 13.9. The minimum Gasteiger partial charge on any atom is -0.455 e. The van der Waals surface area contributed by atoms with E-state index >= 15 is 4.79 Å². The van der Waals surface area contributed by atoms with Crippen molar-refractivity contribution in [1.29, 1.82) is 0 Å². The number of hydrogen-bond donors (Lipinski definition) is 2. The fourth-order valence-electron chi connectivity index (χ4n) is 8.25. The maximum atomic E-state index is 15.1. The van der Waals surface area contributed by atoms with Crippen LogP contribution in [0.15, 0.2) is 73.8 Å². The van der Waals surface area contributed by atoms with E-state index in [1.807, 2.05) is 76.2 Å². The van der Waals surface area contributed by atoms with Crippen molar-refractivity contribution in [3.8, 4) is 0 Å². The van der Waals surface area contributed by atoms with Crippen LogP contribution < -0.4 is 10.2 Å². The third kappa shape index (κ3) is 6.75. The molecule has 0 aromatic heterocycles. The molecule has 3 aliphatic rings. The van der Waals surface area contributed by atoms with E-state index in [0.29, 0.717) is 31.2 Å². The zero-order valence-electron chi connectivity index (χ0n) is 29.7. The van der Waals surface area contributed by atoms with Gasteiger partial charge in [0.15, 0.2) is 0 Å². The third-order valence-electron chi connectivity index (χ3n) is 10.9. The monoisotopic (exact) mass is 685 g/mol. The van der Waals surface area contributed by atoms with Gasteiger partial charge in [0, 0.05) is 18.7 Å². The van der Waals surface area contributed by atoms with Crippen LogP contribution in [0.3, 0.4) is 0 Å². The van der Waals surface area contributed by atoms with Crippen molar-refractivity contribution < 1.29 is 33.8 Å². The summed E-state index contributed by atoms with van der Waals surface area (Å²) in [5.74, 6) is -3.62. The van der Waals surface area contributed by atoms with Crippen LogP contribution in [-0.4, -0.2) is 77.2 Å². The minimum atomic E-state index is -1.29. The molecule has 0 aliphatic carbocycles. The number of fused-ring (bicyclic) bond motifs is 1. The molecule has 2 aromatic rings. The third-order valence-corrected chi connectivity index (χ3v) is 10.9. The molecule has 3 fully saturated rings. The van der Waals surface area contributed by atoms with Gasteiger partial charge in [-0.1, -0.05) is 81.0 Å². The second kappa shape index (κ2) is 15.7. The molecular weight excluding hydrogens is 634 g/mol. The second-order valence-electron chi connectivity index (χ2n) is 13.9. The minimum absolute atomic E-state index is 0.0495. The lowest BCUT2D eigenvalue weighted by Crippen LogP contribution is -2.60. The highest BCUT2D eigenvalue weighted by molar-refractivity contribution is 6.05. The number of rotatable bonds is 16. The predicted molar refractivity (Wildman–Crippen MR) is 191 cm³/mol. The van der Waals surface area contributed by atoms with Crippen LogP contribution >= 0.6 is 0 Å². The summed E-state index contributed by atoms with van der Waals surface area (Å²) in [6, 6.07) is 13.2. The summed E-state index contributed by atoms with van der Waals surface area (Å²) in [5, 5.41) is 13.6. The molecule has 3 saturated heterocycles. The summed E-state index contributed by atoms with van der Waals surface area (Å²) in [4.78, 5) is 59.9. The standard InChI is InChI=1S/C40H51N3O7/c1-7-10-19-32(45)41-23-31(28-17-12-11-13-18-28)49-39(48)33-30-20-21-40(50-30)34(33)37(46)43(29(24-44)25(4)9-3)36(40)38(47)42(22-8-2)35-26(5)15-14-16-27(35)6/h7-8,11-18,25,29-31,33-34,36,44H,1-2,9-10,19-24H2,3-6H3,(H,41,45)/t25-,29-,30+,31-,33-,34-,36+,40-/m0/s1. The van der Waals surface area contributed by atoms with Crippen molar-refractivity contribution in [3.05, 3.63) is 90.5 Å². The molecule has 3 amide bonds. The number of aliphatic hydroxyl groups excluding tert-OH is 1. The fraction of sp³-hybridized carbons (Fsp3) is 0.500. The Kier molecular flexibility index (Phi) is 11.6. The summed E-state index contributed by atoms with van der Waals surface area (Å²) in [6.07, 6.45) is 4.19. The highest BCUT2D eigenvalue weighted by atomic mass is 16.6. The maximum absolute atomic E-state index is 15.1. The first kappa shape index (κ1) is 37.0. The SMILES string of the molecule is C=CCCC(=O)NC[C@H](OC(=O)[C@@H]1[C@H]2C(=O)N([C@@H](CO)[C@@H](C)CC)[C@H](C(=O)N(CC=C)c3c(C)cccc3C)[C@]23CC[C@H]1O3)c1ccccc1. The first-order valence-corrected chi connectivity index (χ1v) is 17.8. The molecule has 0 radical (unpaired) electrons. The molecule has 268 valence electrons. The Morgan fingerprint density at radius 1 is 1.12 bits per heavy atom. The smallest absolute Gasteiger partial charge is 0.313 e. The number of allylic oxidation sites excluding steroid dienone is 1. The van der Waals surface area contributed by atoms with Crippen LogP contribution in [0.4, 0.5) is 5.69 Å². The van der Waals surface area contributed by atoms with E-state index in [2.05, 4.69) is 18.5 Å². The number of aryl methyl sites for hydroxylation is 2. The Morgan fingerprint density at radius 3 is 2.44 bits per heavy atom. The summed E-state index contributed by atoms with van der Waals surface area (Å²) < 4.78 is 12.9. The summed E-state index contributed by atoms with van der Waals surface area (Å²) >= 11 is 0. The molecule has 5 rings (SSSR count). The maximum Gasteiger partial charge on any atom is 0.313 e. The molecule has 10 nitrogen and oxygen atoms in total. The number of amides is 3. The van der Waals surface area contributed by atoms with Crippen LogP contribution in [0.1, 0.15) is 68.7 Å². The van der Waals surface area contributed by atoms with Crippen molar-refractivity contribution in [2.75, 3.05) is 24.6 Å². The van der Waals surface area contributed by atoms with E-state index in [4.69, 9.17) is 9.47 Å². The molecule has 50 heavy (non-hydrogen) atoms. The summed E-state index contributed by atoms with van der Waals surface area (Å²) in [6.45, 7) is 15.3. The van der Waals surface area contributed by atoms with Gasteiger partial charge in [0.25, 0.3) is 5.91 Å². The van der Waals surface area contributed by atoms with Crippen LogP contribution in [0, 0.1) is 31.6 Å². The van der Waals surface area contributed by atoms with Crippen molar-refractivity contribution in [2.24, 2.45) is 17.8 Å². The summed E-state index contributed by atoms with van der Waals surface area (Å²) in [7, 11) is 0. The number of ether oxygens (including phenoxy) is 2. The molecule has 3 heterocycles. The van der Waals surface area contributed by atoms with Gasteiger partial charge in [-0.2, -0.15) is 0 Å². The zero-order valence-corrected chi connectivity index (χ0v) is 29.7. The van der Waals surface area contributed by atoms with E-state index in [-0.39, 0.29) is 49.8 Å². The van der Waals surface area contributed by atoms with Gasteiger partial charge < -0.3 is 29.7 Å². The van der Waals surface area contributed by atoms with E-state index in [9.17, 15) is 19.5 Å². The van der Waals surface area contributed by atoms with Crippen molar-refractivity contribution >= 4 is 29.4 Å². The first-order valence-electron chi connectivity index (χ1n) is 17.8. The van der Waals surface area contributed by atoms with Gasteiger partial charge in [-0.15, -0.1) is 13.2 Å². The van der Waals surface area contributed by atoms with Gasteiger partial charge in [-0.3, -0.25) is 19.2 Å². The Balaban J connectivity index is 1.53.